The van der Waals surface area contributed by atoms with Crippen LogP contribution in [-0.2, 0) is 0 Å². The van der Waals surface area contributed by atoms with E-state index in [1.165, 1.54) is 5.56 Å². The Morgan fingerprint density at radius 1 is 1.10 bits per heavy atom. The summed E-state index contributed by atoms with van der Waals surface area (Å²) in [6.45, 7) is 3.06. The Hall–Kier alpha value is -0.540. The Labute approximate surface area is 138 Å². The molecule has 1 nitrogen and oxygen atoms in total. The zero-order chi connectivity index (χ0) is 14.5. The van der Waals surface area contributed by atoms with Crippen molar-refractivity contribution in [3.63, 3.8) is 0 Å². The van der Waals surface area contributed by atoms with Crippen LogP contribution in [-0.4, -0.2) is 6.54 Å². The summed E-state index contributed by atoms with van der Waals surface area (Å²) in [6, 6.07) is 14.1. The van der Waals surface area contributed by atoms with E-state index in [9.17, 15) is 0 Å². The molecule has 4 heteroatoms. The first kappa shape index (κ1) is 15.8. The van der Waals surface area contributed by atoms with Crippen LogP contribution in [0.1, 0.15) is 30.5 Å². The van der Waals surface area contributed by atoms with Gasteiger partial charge in [0.05, 0.1) is 16.1 Å². The number of hydrogen-bond acceptors (Lipinski definition) is 1. The van der Waals surface area contributed by atoms with Gasteiger partial charge in [0.1, 0.15) is 0 Å². The van der Waals surface area contributed by atoms with Crippen LogP contribution < -0.4 is 5.32 Å². The van der Waals surface area contributed by atoms with Gasteiger partial charge in [-0.05, 0) is 42.3 Å². The molecule has 0 saturated carbocycles. The standard InChI is InChI=1S/C16H16BrCl2N/c1-2-10-20-16(11-6-8-12(17)9-7-11)13-4-3-5-14(18)15(13)19/h3-9,16,20H,2,10H2,1H3. The number of halogens is 3. The van der Waals surface area contributed by atoms with Gasteiger partial charge in [0.2, 0.25) is 0 Å². The van der Waals surface area contributed by atoms with Gasteiger partial charge < -0.3 is 5.32 Å². The molecule has 0 bridgehead atoms. The lowest BCUT2D eigenvalue weighted by atomic mass is 9.98. The van der Waals surface area contributed by atoms with Crippen LogP contribution in [0.25, 0.3) is 0 Å². The molecular weight excluding hydrogens is 357 g/mol. The normalized spacial score (nSPS) is 12.4. The van der Waals surface area contributed by atoms with Crippen molar-refractivity contribution < 1.29 is 0 Å². The summed E-state index contributed by atoms with van der Waals surface area (Å²) in [5, 5.41) is 4.74. The molecule has 0 saturated heterocycles. The van der Waals surface area contributed by atoms with Crippen molar-refractivity contribution in [2.75, 3.05) is 6.54 Å². The molecule has 0 amide bonds. The molecule has 1 atom stereocenters. The van der Waals surface area contributed by atoms with E-state index < -0.39 is 0 Å². The molecule has 0 radical (unpaired) electrons. The molecule has 2 aromatic rings. The van der Waals surface area contributed by atoms with E-state index in [1.807, 2.05) is 30.3 Å². The summed E-state index contributed by atoms with van der Waals surface area (Å²) in [4.78, 5) is 0. The third-order valence-corrected chi connectivity index (χ3v) is 4.46. The topological polar surface area (TPSA) is 12.0 Å². The van der Waals surface area contributed by atoms with Crippen LogP contribution in [0.3, 0.4) is 0 Å². The molecule has 20 heavy (non-hydrogen) atoms. The molecule has 0 aliphatic carbocycles. The molecule has 0 heterocycles. The Bertz CT molecular complexity index is 569. The minimum Gasteiger partial charge on any atom is -0.306 e. The Kier molecular flexibility index (Phi) is 5.91. The second-order valence-electron chi connectivity index (χ2n) is 4.58. The number of rotatable bonds is 5. The molecule has 0 spiro atoms. The minimum absolute atomic E-state index is 0.0502. The quantitative estimate of drug-likeness (QED) is 0.694. The highest BCUT2D eigenvalue weighted by molar-refractivity contribution is 9.10. The van der Waals surface area contributed by atoms with Crippen LogP contribution in [0, 0.1) is 0 Å². The van der Waals surface area contributed by atoms with Crippen molar-refractivity contribution in [2.45, 2.75) is 19.4 Å². The minimum atomic E-state index is 0.0502. The first-order valence-electron chi connectivity index (χ1n) is 6.56. The van der Waals surface area contributed by atoms with Crippen LogP contribution in [0.15, 0.2) is 46.9 Å². The summed E-state index contributed by atoms with van der Waals surface area (Å²) < 4.78 is 1.06. The summed E-state index contributed by atoms with van der Waals surface area (Å²) in [6.07, 6.45) is 1.06. The largest absolute Gasteiger partial charge is 0.306 e. The number of nitrogens with one attached hydrogen (secondary N) is 1. The zero-order valence-electron chi connectivity index (χ0n) is 11.2. The molecular formula is C16H16BrCl2N. The van der Waals surface area contributed by atoms with E-state index in [1.54, 1.807) is 0 Å². The lowest BCUT2D eigenvalue weighted by molar-refractivity contribution is 0.599. The molecule has 0 aliphatic heterocycles. The first-order chi connectivity index (χ1) is 9.63. The van der Waals surface area contributed by atoms with Crippen LogP contribution in [0.5, 0.6) is 0 Å². The summed E-state index contributed by atoms with van der Waals surface area (Å²) in [7, 11) is 0. The molecule has 1 N–H and O–H groups in total. The van der Waals surface area contributed by atoms with Crippen molar-refractivity contribution in [3.05, 3.63) is 68.1 Å². The smallest absolute Gasteiger partial charge is 0.0643 e. The van der Waals surface area contributed by atoms with Crippen LogP contribution in [0.4, 0.5) is 0 Å². The molecule has 106 valence electrons. The maximum atomic E-state index is 6.37. The Balaban J connectivity index is 2.41. The molecule has 2 rings (SSSR count). The van der Waals surface area contributed by atoms with Gasteiger partial charge in [0.15, 0.2) is 0 Å². The third kappa shape index (κ3) is 3.76. The van der Waals surface area contributed by atoms with Crippen LogP contribution in [0.2, 0.25) is 10.0 Å². The van der Waals surface area contributed by atoms with E-state index in [0.717, 1.165) is 23.0 Å². The van der Waals surface area contributed by atoms with Gasteiger partial charge in [-0.25, -0.2) is 0 Å². The highest BCUT2D eigenvalue weighted by Gasteiger charge is 2.17. The van der Waals surface area contributed by atoms with Crippen molar-refractivity contribution in [1.29, 1.82) is 0 Å². The molecule has 0 aliphatic rings. The molecule has 0 aromatic heterocycles. The highest BCUT2D eigenvalue weighted by atomic mass is 79.9. The van der Waals surface area contributed by atoms with E-state index in [4.69, 9.17) is 23.2 Å². The molecule has 0 fully saturated rings. The average molecular weight is 373 g/mol. The summed E-state index contributed by atoms with van der Waals surface area (Å²) in [5.41, 5.74) is 2.18. The number of hydrogen-bond donors (Lipinski definition) is 1. The predicted molar refractivity (Wildman–Crippen MR) is 90.7 cm³/mol. The molecule has 2 aromatic carbocycles. The highest BCUT2D eigenvalue weighted by Crippen LogP contribution is 2.33. The van der Waals surface area contributed by atoms with E-state index in [-0.39, 0.29) is 6.04 Å². The maximum absolute atomic E-state index is 6.37. The fourth-order valence-corrected chi connectivity index (χ4v) is 2.78. The van der Waals surface area contributed by atoms with Crippen molar-refractivity contribution >= 4 is 39.1 Å². The maximum Gasteiger partial charge on any atom is 0.0643 e. The summed E-state index contributed by atoms with van der Waals surface area (Å²) in [5.74, 6) is 0. The van der Waals surface area contributed by atoms with Crippen LogP contribution >= 0.6 is 39.1 Å². The SMILES string of the molecule is CCCNC(c1ccc(Br)cc1)c1cccc(Cl)c1Cl. The van der Waals surface area contributed by atoms with E-state index >= 15 is 0 Å². The van der Waals surface area contributed by atoms with E-state index in [2.05, 4.69) is 40.3 Å². The van der Waals surface area contributed by atoms with Gasteiger partial charge in [-0.2, -0.15) is 0 Å². The van der Waals surface area contributed by atoms with Crippen molar-refractivity contribution in [3.8, 4) is 0 Å². The lowest BCUT2D eigenvalue weighted by Crippen LogP contribution is -2.23. The Morgan fingerprint density at radius 3 is 2.45 bits per heavy atom. The fraction of sp³-hybridized carbons (Fsp3) is 0.250. The summed E-state index contributed by atoms with van der Waals surface area (Å²) >= 11 is 16.0. The second kappa shape index (κ2) is 7.46. The fourth-order valence-electron chi connectivity index (χ4n) is 2.09. The lowest BCUT2D eigenvalue weighted by Gasteiger charge is -2.21. The van der Waals surface area contributed by atoms with Crippen molar-refractivity contribution in [2.24, 2.45) is 0 Å². The third-order valence-electron chi connectivity index (χ3n) is 3.09. The van der Waals surface area contributed by atoms with Gasteiger partial charge in [-0.15, -0.1) is 0 Å². The van der Waals surface area contributed by atoms with Gasteiger partial charge in [0, 0.05) is 4.47 Å². The number of benzene rings is 2. The molecule has 1 unspecified atom stereocenters. The van der Waals surface area contributed by atoms with Gasteiger partial charge in [0.25, 0.3) is 0 Å². The average Bonchev–Trinajstić information content (AvgIpc) is 2.45. The van der Waals surface area contributed by atoms with Crippen molar-refractivity contribution in [1.82, 2.24) is 5.32 Å². The van der Waals surface area contributed by atoms with Gasteiger partial charge >= 0.3 is 0 Å². The van der Waals surface area contributed by atoms with E-state index in [0.29, 0.717) is 10.0 Å². The first-order valence-corrected chi connectivity index (χ1v) is 8.11. The Morgan fingerprint density at radius 2 is 1.80 bits per heavy atom. The zero-order valence-corrected chi connectivity index (χ0v) is 14.3. The second-order valence-corrected chi connectivity index (χ2v) is 6.28. The predicted octanol–water partition coefficient (Wildman–Crippen LogP) is 5.84. The van der Waals surface area contributed by atoms with Gasteiger partial charge in [-0.3, -0.25) is 0 Å². The monoisotopic (exact) mass is 371 g/mol. The van der Waals surface area contributed by atoms with Gasteiger partial charge in [-0.1, -0.05) is 70.3 Å².